The molecule has 0 aliphatic heterocycles. The Balaban J connectivity index is 2.25. The van der Waals surface area contributed by atoms with E-state index in [9.17, 15) is 13.2 Å². The van der Waals surface area contributed by atoms with Crippen molar-refractivity contribution in [1.29, 1.82) is 0 Å². The van der Waals surface area contributed by atoms with E-state index in [-0.39, 0.29) is 15.5 Å². The summed E-state index contributed by atoms with van der Waals surface area (Å²) < 4.78 is 26.8. The van der Waals surface area contributed by atoms with Crippen LogP contribution in [0.2, 0.25) is 0 Å². The number of carbonyl (C=O) groups is 1. The van der Waals surface area contributed by atoms with Gasteiger partial charge in [-0.05, 0) is 35.6 Å². The molecule has 7 heteroatoms. The van der Waals surface area contributed by atoms with Gasteiger partial charge in [-0.25, -0.2) is 13.2 Å². The summed E-state index contributed by atoms with van der Waals surface area (Å²) in [6, 6.07) is 8.03. The van der Waals surface area contributed by atoms with Gasteiger partial charge in [-0.1, -0.05) is 25.5 Å². The minimum atomic E-state index is -3.78. The molecule has 0 fully saturated rings. The van der Waals surface area contributed by atoms with Gasteiger partial charge in [-0.2, -0.15) is 0 Å². The number of sulfonamides is 1. The van der Waals surface area contributed by atoms with Crippen LogP contribution in [0.4, 0.5) is 5.69 Å². The monoisotopic (exact) mass is 325 g/mol. The van der Waals surface area contributed by atoms with Crippen molar-refractivity contribution < 1.29 is 18.3 Å². The molecule has 0 aliphatic rings. The first-order valence-corrected chi connectivity index (χ1v) is 8.73. The number of benzene rings is 1. The highest BCUT2D eigenvalue weighted by Crippen LogP contribution is 2.25. The molecule has 0 aliphatic carbocycles. The third-order valence-corrected chi connectivity index (χ3v) is 5.16. The van der Waals surface area contributed by atoms with Crippen LogP contribution in [0.1, 0.15) is 28.6 Å². The van der Waals surface area contributed by atoms with Gasteiger partial charge in [0.05, 0.1) is 10.6 Å². The maximum atomic E-state index is 12.2. The number of rotatable bonds is 6. The number of nitrogens with one attached hydrogen (secondary N) is 1. The van der Waals surface area contributed by atoms with Crippen LogP contribution in [0.15, 0.2) is 40.6 Å². The predicted molar refractivity (Wildman–Crippen MR) is 82.5 cm³/mol. The topological polar surface area (TPSA) is 83.5 Å². The first-order chi connectivity index (χ1) is 9.94. The Morgan fingerprint density at radius 2 is 1.90 bits per heavy atom. The van der Waals surface area contributed by atoms with Crippen molar-refractivity contribution in [2.24, 2.45) is 0 Å². The quantitative estimate of drug-likeness (QED) is 0.854. The maximum absolute atomic E-state index is 12.2. The molecule has 0 bridgehead atoms. The fourth-order valence-corrected chi connectivity index (χ4v) is 3.71. The highest BCUT2D eigenvalue weighted by Gasteiger charge is 2.19. The predicted octanol–water partition coefficient (Wildman–Crippen LogP) is 3.20. The molecule has 21 heavy (non-hydrogen) atoms. The summed E-state index contributed by atoms with van der Waals surface area (Å²) in [4.78, 5) is 11.1. The molecule has 0 saturated carbocycles. The van der Waals surface area contributed by atoms with E-state index in [1.165, 1.54) is 23.6 Å². The Morgan fingerprint density at radius 3 is 2.48 bits per heavy atom. The smallest absolute Gasteiger partial charge is 0.348 e. The first-order valence-electron chi connectivity index (χ1n) is 6.36. The fourth-order valence-electron chi connectivity index (χ4n) is 1.88. The van der Waals surface area contributed by atoms with E-state index in [4.69, 9.17) is 5.11 Å². The molecule has 0 radical (unpaired) electrons. The second-order valence-corrected chi connectivity index (χ2v) is 7.07. The summed E-state index contributed by atoms with van der Waals surface area (Å²) in [6.07, 6.45) is 1.88. The van der Waals surface area contributed by atoms with Crippen molar-refractivity contribution in [3.8, 4) is 0 Å². The Morgan fingerprint density at radius 1 is 1.24 bits per heavy atom. The lowest BCUT2D eigenvalue weighted by Crippen LogP contribution is -2.14. The lowest BCUT2D eigenvalue weighted by molar-refractivity contribution is 0.0703. The molecule has 0 amide bonds. The van der Waals surface area contributed by atoms with Gasteiger partial charge in [0, 0.05) is 0 Å². The van der Waals surface area contributed by atoms with Crippen molar-refractivity contribution in [2.45, 2.75) is 24.7 Å². The summed E-state index contributed by atoms with van der Waals surface area (Å²) >= 11 is 0.976. The summed E-state index contributed by atoms with van der Waals surface area (Å²) in [5.41, 5.74) is 1.16. The third-order valence-electron chi connectivity index (χ3n) is 2.88. The molecule has 0 spiro atoms. The molecule has 0 atom stereocenters. The second-order valence-electron chi connectivity index (χ2n) is 4.47. The van der Waals surface area contributed by atoms with Crippen molar-refractivity contribution in [3.05, 3.63) is 46.2 Å². The van der Waals surface area contributed by atoms with E-state index in [2.05, 4.69) is 11.6 Å². The Kier molecular flexibility index (Phi) is 4.64. The number of hydrogen-bond acceptors (Lipinski definition) is 4. The zero-order chi connectivity index (χ0) is 15.5. The molecule has 2 N–H and O–H groups in total. The van der Waals surface area contributed by atoms with Gasteiger partial charge in [-0.15, -0.1) is 11.3 Å². The van der Waals surface area contributed by atoms with E-state index >= 15 is 0 Å². The number of aryl methyl sites for hydroxylation is 1. The summed E-state index contributed by atoms with van der Waals surface area (Å²) in [5.74, 6) is -1.15. The molecule has 5 nitrogen and oxygen atoms in total. The average molecular weight is 325 g/mol. The Bertz CT molecular complexity index is 733. The van der Waals surface area contributed by atoms with Gasteiger partial charge in [0.25, 0.3) is 10.0 Å². The van der Waals surface area contributed by atoms with Gasteiger partial charge >= 0.3 is 5.97 Å². The van der Waals surface area contributed by atoms with Gasteiger partial charge in [0.2, 0.25) is 0 Å². The van der Waals surface area contributed by atoms with Crippen LogP contribution in [-0.2, 0) is 16.4 Å². The number of anilines is 1. The van der Waals surface area contributed by atoms with E-state index in [1.807, 2.05) is 0 Å². The molecule has 112 valence electrons. The highest BCUT2D eigenvalue weighted by atomic mass is 32.2. The van der Waals surface area contributed by atoms with Crippen LogP contribution in [-0.4, -0.2) is 19.5 Å². The highest BCUT2D eigenvalue weighted by molar-refractivity contribution is 7.92. The van der Waals surface area contributed by atoms with Gasteiger partial charge in [0.1, 0.15) is 4.88 Å². The van der Waals surface area contributed by atoms with Crippen LogP contribution >= 0.6 is 11.3 Å². The third kappa shape index (κ3) is 3.62. The van der Waals surface area contributed by atoms with Crippen LogP contribution in [0.5, 0.6) is 0 Å². The van der Waals surface area contributed by atoms with Crippen molar-refractivity contribution >= 4 is 33.0 Å². The molecule has 1 heterocycles. The normalized spacial score (nSPS) is 11.3. The SMILES string of the molecule is CCCc1ccc(S(=O)(=O)Nc2ccsc2C(=O)O)cc1. The molecular formula is C14H15NO4S2. The summed E-state index contributed by atoms with van der Waals surface area (Å²) in [6.45, 7) is 2.05. The second kappa shape index (κ2) is 6.28. The standard InChI is InChI=1S/C14H15NO4S2/c1-2-3-10-4-6-11(7-5-10)21(18,19)15-12-8-9-20-13(12)14(16)17/h4-9,15H,2-3H2,1H3,(H,16,17). The largest absolute Gasteiger partial charge is 0.477 e. The molecule has 0 unspecified atom stereocenters. The lowest BCUT2D eigenvalue weighted by atomic mass is 10.1. The summed E-state index contributed by atoms with van der Waals surface area (Å²) in [7, 11) is -3.78. The van der Waals surface area contributed by atoms with E-state index in [0.717, 1.165) is 29.7 Å². The van der Waals surface area contributed by atoms with E-state index < -0.39 is 16.0 Å². The zero-order valence-electron chi connectivity index (χ0n) is 11.4. The van der Waals surface area contributed by atoms with Crippen LogP contribution < -0.4 is 4.72 Å². The van der Waals surface area contributed by atoms with E-state index in [0.29, 0.717) is 0 Å². The minimum Gasteiger partial charge on any atom is -0.477 e. The van der Waals surface area contributed by atoms with Gasteiger partial charge in [0.15, 0.2) is 0 Å². The molecule has 0 saturated heterocycles. The molecule has 2 aromatic rings. The van der Waals surface area contributed by atoms with Crippen molar-refractivity contribution in [3.63, 3.8) is 0 Å². The van der Waals surface area contributed by atoms with Crippen LogP contribution in [0.3, 0.4) is 0 Å². The van der Waals surface area contributed by atoms with Crippen molar-refractivity contribution in [2.75, 3.05) is 4.72 Å². The van der Waals surface area contributed by atoms with Crippen molar-refractivity contribution in [1.82, 2.24) is 0 Å². The molecule has 1 aromatic carbocycles. The molecular weight excluding hydrogens is 310 g/mol. The van der Waals surface area contributed by atoms with E-state index in [1.54, 1.807) is 12.1 Å². The first kappa shape index (κ1) is 15.5. The molecule has 2 rings (SSSR count). The minimum absolute atomic E-state index is 0.0267. The van der Waals surface area contributed by atoms with Crippen LogP contribution in [0, 0.1) is 0 Å². The zero-order valence-corrected chi connectivity index (χ0v) is 13.0. The van der Waals surface area contributed by atoms with Crippen LogP contribution in [0.25, 0.3) is 0 Å². The lowest BCUT2D eigenvalue weighted by Gasteiger charge is -2.08. The number of carboxylic acid groups (broad SMARTS) is 1. The number of carboxylic acids is 1. The van der Waals surface area contributed by atoms with Gasteiger partial charge < -0.3 is 5.11 Å². The Labute approximate surface area is 127 Å². The fraction of sp³-hybridized carbons (Fsp3) is 0.214. The number of aromatic carboxylic acids is 1. The maximum Gasteiger partial charge on any atom is 0.348 e. The summed E-state index contributed by atoms with van der Waals surface area (Å²) in [5, 5.41) is 10.5. The number of hydrogen-bond donors (Lipinski definition) is 2. The Hall–Kier alpha value is -1.86. The molecule has 1 aromatic heterocycles. The number of thiophene rings is 1. The average Bonchev–Trinajstić information content (AvgIpc) is 2.87. The van der Waals surface area contributed by atoms with Gasteiger partial charge in [-0.3, -0.25) is 4.72 Å².